The summed E-state index contributed by atoms with van der Waals surface area (Å²) in [5, 5.41) is 3.08. The van der Waals surface area contributed by atoms with Crippen LogP contribution in [0.4, 0.5) is 4.39 Å². The number of hydrogen-bond acceptors (Lipinski definition) is 2. The highest BCUT2D eigenvalue weighted by atomic mass is 19.1. The summed E-state index contributed by atoms with van der Waals surface area (Å²) in [4.78, 5) is 0. The van der Waals surface area contributed by atoms with Crippen LogP contribution in [0, 0.1) is 5.82 Å². The topological polar surface area (TPSA) is 26.2 Å². The zero-order valence-electron chi connectivity index (χ0n) is 10.6. The maximum absolute atomic E-state index is 14.0. The standard InChI is InChI=1S/C14H17FN2O/c1-16-8-11-6-7-17(9-11)10-12-4-3-5-13(18-2)14(12)15/h3-7,9,16H,8,10H2,1-2H3. The van der Waals surface area contributed by atoms with E-state index in [-0.39, 0.29) is 11.6 Å². The molecule has 0 aliphatic rings. The molecule has 0 bridgehead atoms. The van der Waals surface area contributed by atoms with Crippen molar-refractivity contribution in [2.24, 2.45) is 0 Å². The monoisotopic (exact) mass is 248 g/mol. The van der Waals surface area contributed by atoms with Crippen LogP contribution in [0.1, 0.15) is 11.1 Å². The lowest BCUT2D eigenvalue weighted by molar-refractivity contribution is 0.383. The van der Waals surface area contributed by atoms with Crippen LogP contribution in [0.5, 0.6) is 5.75 Å². The van der Waals surface area contributed by atoms with Gasteiger partial charge in [-0.15, -0.1) is 0 Å². The second-order valence-electron chi connectivity index (χ2n) is 4.16. The number of benzene rings is 1. The number of methoxy groups -OCH3 is 1. The van der Waals surface area contributed by atoms with Gasteiger partial charge in [-0.2, -0.15) is 0 Å². The molecule has 2 rings (SSSR count). The predicted octanol–water partition coefficient (Wildman–Crippen LogP) is 2.40. The Balaban J connectivity index is 2.17. The molecule has 0 aliphatic heterocycles. The molecule has 0 radical (unpaired) electrons. The van der Waals surface area contributed by atoms with Crippen molar-refractivity contribution in [3.8, 4) is 5.75 Å². The van der Waals surface area contributed by atoms with E-state index in [9.17, 15) is 4.39 Å². The maximum atomic E-state index is 14.0. The van der Waals surface area contributed by atoms with E-state index >= 15 is 0 Å². The van der Waals surface area contributed by atoms with E-state index in [1.165, 1.54) is 12.7 Å². The number of nitrogens with zero attached hydrogens (tertiary/aromatic N) is 1. The predicted molar refractivity (Wildman–Crippen MR) is 69.2 cm³/mol. The molecule has 2 aromatic rings. The molecule has 0 unspecified atom stereocenters. The minimum Gasteiger partial charge on any atom is -0.494 e. The molecule has 1 heterocycles. The van der Waals surface area contributed by atoms with Crippen LogP contribution in [-0.2, 0) is 13.1 Å². The molecule has 0 spiro atoms. The summed E-state index contributed by atoms with van der Waals surface area (Å²) in [6, 6.07) is 7.22. The molecule has 0 aliphatic carbocycles. The highest BCUT2D eigenvalue weighted by molar-refractivity contribution is 5.31. The Morgan fingerprint density at radius 2 is 2.17 bits per heavy atom. The van der Waals surface area contributed by atoms with Crippen molar-refractivity contribution >= 4 is 0 Å². The van der Waals surface area contributed by atoms with Crippen LogP contribution < -0.4 is 10.1 Å². The largest absolute Gasteiger partial charge is 0.494 e. The summed E-state index contributed by atoms with van der Waals surface area (Å²) in [6.07, 6.45) is 3.96. The van der Waals surface area contributed by atoms with E-state index in [0.717, 1.165) is 6.54 Å². The summed E-state index contributed by atoms with van der Waals surface area (Å²) in [7, 11) is 3.38. The molecule has 0 amide bonds. The van der Waals surface area contributed by atoms with Gasteiger partial charge in [-0.25, -0.2) is 4.39 Å². The normalized spacial score (nSPS) is 10.6. The Hall–Kier alpha value is -1.81. The highest BCUT2D eigenvalue weighted by Gasteiger charge is 2.08. The van der Waals surface area contributed by atoms with Crippen molar-refractivity contribution in [3.63, 3.8) is 0 Å². The fraction of sp³-hybridized carbons (Fsp3) is 0.286. The summed E-state index contributed by atoms with van der Waals surface area (Å²) in [5.41, 5.74) is 1.81. The Labute approximate surface area is 106 Å². The molecule has 0 atom stereocenters. The molecule has 3 nitrogen and oxygen atoms in total. The average Bonchev–Trinajstić information content (AvgIpc) is 2.80. The van der Waals surface area contributed by atoms with Gasteiger partial charge in [0.25, 0.3) is 0 Å². The number of halogens is 1. The zero-order chi connectivity index (χ0) is 13.0. The Morgan fingerprint density at radius 1 is 1.33 bits per heavy atom. The maximum Gasteiger partial charge on any atom is 0.170 e. The highest BCUT2D eigenvalue weighted by Crippen LogP contribution is 2.20. The number of nitrogens with one attached hydrogen (secondary N) is 1. The first-order valence-corrected chi connectivity index (χ1v) is 5.85. The summed E-state index contributed by atoms with van der Waals surface area (Å²) < 4.78 is 20.9. The molecule has 96 valence electrons. The van der Waals surface area contributed by atoms with Gasteiger partial charge < -0.3 is 14.6 Å². The number of hydrogen-bond donors (Lipinski definition) is 1. The molecule has 1 N–H and O–H groups in total. The van der Waals surface area contributed by atoms with Gasteiger partial charge in [0.1, 0.15) is 0 Å². The quantitative estimate of drug-likeness (QED) is 0.879. The van der Waals surface area contributed by atoms with E-state index in [1.807, 2.05) is 30.1 Å². The van der Waals surface area contributed by atoms with Gasteiger partial charge in [-0.1, -0.05) is 12.1 Å². The van der Waals surface area contributed by atoms with E-state index < -0.39 is 0 Å². The van der Waals surface area contributed by atoms with Crippen molar-refractivity contribution < 1.29 is 9.13 Å². The third-order valence-corrected chi connectivity index (χ3v) is 2.81. The molecule has 0 saturated carbocycles. The molecule has 4 heteroatoms. The average molecular weight is 248 g/mol. The summed E-state index contributed by atoms with van der Waals surface area (Å²) in [5.74, 6) is -0.000953. The lowest BCUT2D eigenvalue weighted by atomic mass is 10.2. The molecule has 0 fully saturated rings. The van der Waals surface area contributed by atoms with Gasteiger partial charge in [0, 0.05) is 24.5 Å². The number of ether oxygens (including phenoxy) is 1. The fourth-order valence-electron chi connectivity index (χ4n) is 1.93. The summed E-state index contributed by atoms with van der Waals surface area (Å²) >= 11 is 0. The lowest BCUT2D eigenvalue weighted by Crippen LogP contribution is -2.04. The van der Waals surface area contributed by atoms with Gasteiger partial charge in [0.2, 0.25) is 0 Å². The van der Waals surface area contributed by atoms with Crippen LogP contribution in [0.15, 0.2) is 36.7 Å². The molecular formula is C14H17FN2O. The van der Waals surface area contributed by atoms with Gasteiger partial charge in [0.05, 0.1) is 13.7 Å². The van der Waals surface area contributed by atoms with Crippen LogP contribution in [0.3, 0.4) is 0 Å². The minimum absolute atomic E-state index is 0.287. The van der Waals surface area contributed by atoms with Crippen LogP contribution in [0.2, 0.25) is 0 Å². The lowest BCUT2D eigenvalue weighted by Gasteiger charge is -2.08. The van der Waals surface area contributed by atoms with Crippen molar-refractivity contribution in [1.82, 2.24) is 9.88 Å². The first-order valence-electron chi connectivity index (χ1n) is 5.85. The van der Waals surface area contributed by atoms with Gasteiger partial charge >= 0.3 is 0 Å². The fourth-order valence-corrected chi connectivity index (χ4v) is 1.93. The van der Waals surface area contributed by atoms with E-state index in [2.05, 4.69) is 5.32 Å². The second-order valence-corrected chi connectivity index (χ2v) is 4.16. The van der Waals surface area contributed by atoms with Crippen molar-refractivity contribution in [2.75, 3.05) is 14.2 Å². The summed E-state index contributed by atoms with van der Waals surface area (Å²) in [6.45, 7) is 1.32. The third-order valence-electron chi connectivity index (χ3n) is 2.81. The molecule has 1 aromatic carbocycles. The number of rotatable bonds is 5. The van der Waals surface area contributed by atoms with Crippen LogP contribution >= 0.6 is 0 Å². The second kappa shape index (κ2) is 5.69. The Bertz CT molecular complexity index is 522. The molecule has 0 saturated heterocycles. The first-order chi connectivity index (χ1) is 8.74. The minimum atomic E-state index is -0.288. The third kappa shape index (κ3) is 2.71. The van der Waals surface area contributed by atoms with Crippen LogP contribution in [0.25, 0.3) is 0 Å². The number of aromatic nitrogens is 1. The van der Waals surface area contributed by atoms with E-state index in [4.69, 9.17) is 4.74 Å². The Kier molecular flexibility index (Phi) is 3.99. The van der Waals surface area contributed by atoms with Gasteiger partial charge in [-0.05, 0) is 24.7 Å². The molecule has 18 heavy (non-hydrogen) atoms. The van der Waals surface area contributed by atoms with E-state index in [0.29, 0.717) is 12.1 Å². The smallest absolute Gasteiger partial charge is 0.170 e. The Morgan fingerprint density at radius 3 is 2.89 bits per heavy atom. The van der Waals surface area contributed by atoms with Crippen LogP contribution in [-0.4, -0.2) is 18.7 Å². The first kappa shape index (κ1) is 12.6. The molecular weight excluding hydrogens is 231 g/mol. The zero-order valence-corrected chi connectivity index (χ0v) is 10.6. The molecule has 1 aromatic heterocycles. The van der Waals surface area contributed by atoms with Crippen molar-refractivity contribution in [1.29, 1.82) is 0 Å². The SMILES string of the molecule is CNCc1ccn(Cc2cccc(OC)c2F)c1. The van der Waals surface area contributed by atoms with Gasteiger partial charge in [0.15, 0.2) is 11.6 Å². The van der Waals surface area contributed by atoms with Crippen molar-refractivity contribution in [2.45, 2.75) is 13.1 Å². The van der Waals surface area contributed by atoms with Gasteiger partial charge in [-0.3, -0.25) is 0 Å². The van der Waals surface area contributed by atoms with Crippen molar-refractivity contribution in [3.05, 3.63) is 53.6 Å². The van der Waals surface area contributed by atoms with E-state index in [1.54, 1.807) is 18.2 Å².